The Bertz CT molecular complexity index is 528. The van der Waals surface area contributed by atoms with Crippen LogP contribution in [0.15, 0.2) is 35.3 Å². The van der Waals surface area contributed by atoms with Gasteiger partial charge in [0.05, 0.1) is 0 Å². The Morgan fingerprint density at radius 3 is 2.56 bits per heavy atom. The number of halogens is 1. The molecular formula is C20H35IN4. The van der Waals surface area contributed by atoms with Crippen molar-refractivity contribution in [2.24, 2.45) is 10.4 Å². The molecule has 1 aliphatic rings. The third-order valence-electron chi connectivity index (χ3n) is 4.49. The highest BCUT2D eigenvalue weighted by Crippen LogP contribution is 2.27. The lowest BCUT2D eigenvalue weighted by atomic mass is 9.93. The predicted molar refractivity (Wildman–Crippen MR) is 119 cm³/mol. The molecule has 1 aromatic carbocycles. The molecule has 0 saturated carbocycles. The van der Waals surface area contributed by atoms with Gasteiger partial charge in [0.25, 0.3) is 0 Å². The Morgan fingerprint density at radius 1 is 1.28 bits per heavy atom. The van der Waals surface area contributed by atoms with Crippen LogP contribution in [-0.4, -0.2) is 62.6 Å². The van der Waals surface area contributed by atoms with Crippen LogP contribution in [0.5, 0.6) is 0 Å². The Morgan fingerprint density at radius 2 is 1.96 bits per heavy atom. The molecule has 0 aliphatic carbocycles. The second-order valence-electron chi connectivity index (χ2n) is 7.91. The van der Waals surface area contributed by atoms with Crippen LogP contribution in [0.25, 0.3) is 0 Å². The first-order valence-electron chi connectivity index (χ1n) is 9.14. The van der Waals surface area contributed by atoms with E-state index in [4.69, 9.17) is 4.99 Å². The highest BCUT2D eigenvalue weighted by molar-refractivity contribution is 14.0. The van der Waals surface area contributed by atoms with Crippen LogP contribution in [0.3, 0.4) is 0 Å². The second kappa shape index (κ2) is 10.4. The normalized spacial score (nSPS) is 18.4. The molecule has 25 heavy (non-hydrogen) atoms. The van der Waals surface area contributed by atoms with E-state index in [1.807, 2.05) is 0 Å². The van der Waals surface area contributed by atoms with Gasteiger partial charge < -0.3 is 15.1 Å². The molecule has 142 valence electrons. The van der Waals surface area contributed by atoms with Crippen molar-refractivity contribution in [3.63, 3.8) is 0 Å². The number of likely N-dealkylation sites (tertiary alicyclic amines) is 1. The minimum atomic E-state index is 0. The van der Waals surface area contributed by atoms with Crippen LogP contribution in [0.2, 0.25) is 0 Å². The molecule has 0 bridgehead atoms. The van der Waals surface area contributed by atoms with Gasteiger partial charge in [-0.05, 0) is 38.4 Å². The van der Waals surface area contributed by atoms with Crippen molar-refractivity contribution in [1.29, 1.82) is 0 Å². The Kier molecular flexibility index (Phi) is 9.21. The first kappa shape index (κ1) is 22.2. The van der Waals surface area contributed by atoms with Gasteiger partial charge in [0.2, 0.25) is 0 Å². The molecule has 2 rings (SSSR count). The molecule has 0 aromatic heterocycles. The van der Waals surface area contributed by atoms with E-state index in [9.17, 15) is 0 Å². The molecule has 1 N–H and O–H groups in total. The molecule has 0 amide bonds. The van der Waals surface area contributed by atoms with Crippen molar-refractivity contribution in [3.8, 4) is 0 Å². The van der Waals surface area contributed by atoms with Crippen LogP contribution >= 0.6 is 24.0 Å². The minimum Gasteiger partial charge on any atom is -0.357 e. The molecule has 0 radical (unpaired) electrons. The van der Waals surface area contributed by atoms with Crippen molar-refractivity contribution < 1.29 is 0 Å². The van der Waals surface area contributed by atoms with E-state index >= 15 is 0 Å². The molecule has 1 heterocycles. The first-order chi connectivity index (χ1) is 11.4. The zero-order chi connectivity index (χ0) is 17.6. The number of guanidine groups is 1. The largest absolute Gasteiger partial charge is 0.357 e. The smallest absolute Gasteiger partial charge is 0.193 e. The predicted octanol–water partition coefficient (Wildman–Crippen LogP) is 3.65. The maximum absolute atomic E-state index is 4.95. The summed E-state index contributed by atoms with van der Waals surface area (Å²) >= 11 is 0. The fraction of sp³-hybridized carbons (Fsp3) is 0.650. The highest BCUT2D eigenvalue weighted by atomic mass is 127. The van der Waals surface area contributed by atoms with Crippen molar-refractivity contribution >= 4 is 29.9 Å². The van der Waals surface area contributed by atoms with Gasteiger partial charge in [-0.15, -0.1) is 24.0 Å². The molecule has 1 atom stereocenters. The van der Waals surface area contributed by atoms with Gasteiger partial charge in [-0.1, -0.05) is 44.2 Å². The quantitative estimate of drug-likeness (QED) is 0.401. The summed E-state index contributed by atoms with van der Waals surface area (Å²) in [6.07, 6.45) is 1.20. The van der Waals surface area contributed by atoms with Crippen LogP contribution < -0.4 is 5.32 Å². The maximum Gasteiger partial charge on any atom is 0.193 e. The second-order valence-corrected chi connectivity index (χ2v) is 7.91. The van der Waals surface area contributed by atoms with Gasteiger partial charge in [0, 0.05) is 38.6 Å². The summed E-state index contributed by atoms with van der Waals surface area (Å²) in [5.41, 5.74) is 1.63. The maximum atomic E-state index is 4.95. The number of hydrogen-bond donors (Lipinski definition) is 1. The van der Waals surface area contributed by atoms with Gasteiger partial charge in [-0.2, -0.15) is 0 Å². The summed E-state index contributed by atoms with van der Waals surface area (Å²) in [5, 5.41) is 3.48. The molecule has 1 aliphatic heterocycles. The summed E-state index contributed by atoms with van der Waals surface area (Å²) in [6.45, 7) is 11.7. The summed E-state index contributed by atoms with van der Waals surface area (Å²) in [5.74, 6) is 1.69. The van der Waals surface area contributed by atoms with Crippen LogP contribution in [-0.2, 0) is 0 Å². The Labute approximate surface area is 171 Å². The monoisotopic (exact) mass is 458 g/mol. The van der Waals surface area contributed by atoms with E-state index < -0.39 is 0 Å². The first-order valence-corrected chi connectivity index (χ1v) is 9.14. The lowest BCUT2D eigenvalue weighted by Crippen LogP contribution is -2.41. The van der Waals surface area contributed by atoms with Crippen molar-refractivity contribution in [2.45, 2.75) is 33.1 Å². The van der Waals surface area contributed by atoms with Gasteiger partial charge in [-0.3, -0.25) is 4.99 Å². The van der Waals surface area contributed by atoms with Crippen LogP contribution in [0, 0.1) is 5.41 Å². The molecule has 0 spiro atoms. The third-order valence-corrected chi connectivity index (χ3v) is 4.49. The van der Waals surface area contributed by atoms with Gasteiger partial charge >= 0.3 is 0 Å². The van der Waals surface area contributed by atoms with E-state index in [2.05, 4.69) is 80.3 Å². The topological polar surface area (TPSA) is 30.9 Å². The number of nitrogens with zero attached hydrogens (tertiary/aromatic N) is 3. The number of rotatable bonds is 6. The Hall–Kier alpha value is -0.820. The molecule has 4 nitrogen and oxygen atoms in total. The SMILES string of the molecule is CCNC(=NCC(C)(C)CN(C)C)N1CCC(c2ccccc2)C1.I. The summed E-state index contributed by atoms with van der Waals surface area (Å²) in [6, 6.07) is 10.9. The fourth-order valence-corrected chi connectivity index (χ4v) is 3.57. The van der Waals surface area contributed by atoms with E-state index in [1.54, 1.807) is 0 Å². The van der Waals surface area contributed by atoms with Crippen molar-refractivity contribution in [2.75, 3.05) is 46.8 Å². The molecular weight excluding hydrogens is 423 g/mol. The van der Waals surface area contributed by atoms with Crippen LogP contribution in [0.1, 0.15) is 38.7 Å². The van der Waals surface area contributed by atoms with Gasteiger partial charge in [0.1, 0.15) is 0 Å². The molecule has 1 fully saturated rings. The van der Waals surface area contributed by atoms with Crippen molar-refractivity contribution in [1.82, 2.24) is 15.1 Å². The molecule has 1 aromatic rings. The van der Waals surface area contributed by atoms with Gasteiger partial charge in [-0.25, -0.2) is 0 Å². The zero-order valence-corrected chi connectivity index (χ0v) is 18.8. The standard InChI is InChI=1S/C20H34N4.HI/c1-6-21-19(22-15-20(2,3)16-23(4)5)24-13-12-18(14-24)17-10-8-7-9-11-17;/h7-11,18H,6,12-16H2,1-5H3,(H,21,22);1H. The minimum absolute atomic E-state index is 0. The van der Waals surface area contributed by atoms with Crippen LogP contribution in [0.4, 0.5) is 0 Å². The van der Waals surface area contributed by atoms with E-state index in [0.717, 1.165) is 38.7 Å². The number of aliphatic imine (C=N–C) groups is 1. The summed E-state index contributed by atoms with van der Waals surface area (Å²) in [4.78, 5) is 9.62. The summed E-state index contributed by atoms with van der Waals surface area (Å²) < 4.78 is 0. The lowest BCUT2D eigenvalue weighted by Gasteiger charge is -2.28. The zero-order valence-electron chi connectivity index (χ0n) is 16.5. The van der Waals surface area contributed by atoms with E-state index in [0.29, 0.717) is 5.92 Å². The molecule has 5 heteroatoms. The van der Waals surface area contributed by atoms with Gasteiger partial charge in [0.15, 0.2) is 5.96 Å². The van der Waals surface area contributed by atoms with E-state index in [1.165, 1.54) is 12.0 Å². The van der Waals surface area contributed by atoms with E-state index in [-0.39, 0.29) is 29.4 Å². The average Bonchev–Trinajstić information content (AvgIpc) is 3.01. The lowest BCUT2D eigenvalue weighted by molar-refractivity contribution is 0.248. The fourth-order valence-electron chi connectivity index (χ4n) is 3.57. The summed E-state index contributed by atoms with van der Waals surface area (Å²) in [7, 11) is 4.25. The number of nitrogens with one attached hydrogen (secondary N) is 1. The van der Waals surface area contributed by atoms with Crippen molar-refractivity contribution in [3.05, 3.63) is 35.9 Å². The third kappa shape index (κ3) is 7.13. The average molecular weight is 458 g/mol. The number of hydrogen-bond acceptors (Lipinski definition) is 2. The molecule has 1 saturated heterocycles. The highest BCUT2D eigenvalue weighted by Gasteiger charge is 2.26. The number of benzene rings is 1. The molecule has 1 unspecified atom stereocenters. The Balaban J connectivity index is 0.00000312.